The molecular formula is C15H16NOS. The number of hydrogen-bond acceptors (Lipinski definition) is 3. The average Bonchev–Trinajstić information content (AvgIpc) is 2.45. The SMILES string of the molecule is COc1ccc(SC)cc1CNc1[c]cccc1. The lowest BCUT2D eigenvalue weighted by molar-refractivity contribution is 0.410. The summed E-state index contributed by atoms with van der Waals surface area (Å²) in [7, 11) is 1.70. The normalized spacial score (nSPS) is 10.1. The van der Waals surface area contributed by atoms with E-state index in [-0.39, 0.29) is 0 Å². The molecule has 3 heteroatoms. The first-order valence-corrected chi connectivity index (χ1v) is 6.97. The van der Waals surface area contributed by atoms with E-state index in [0.29, 0.717) is 0 Å². The molecule has 1 radical (unpaired) electrons. The van der Waals surface area contributed by atoms with Gasteiger partial charge in [-0.2, -0.15) is 0 Å². The standard InChI is InChI=1S/C15H16NOS/c1-17-15-9-8-14(18-2)10-12(15)11-16-13-6-4-3-5-7-13/h3-6,8-10,16H,11H2,1-2H3. The van der Waals surface area contributed by atoms with E-state index in [0.717, 1.165) is 23.5 Å². The molecule has 0 unspecified atom stereocenters. The van der Waals surface area contributed by atoms with Crippen molar-refractivity contribution < 1.29 is 4.74 Å². The molecule has 0 saturated carbocycles. The van der Waals surface area contributed by atoms with Gasteiger partial charge in [-0.1, -0.05) is 18.2 Å². The zero-order valence-electron chi connectivity index (χ0n) is 10.6. The Labute approximate surface area is 112 Å². The molecule has 0 fully saturated rings. The van der Waals surface area contributed by atoms with Crippen LogP contribution in [-0.4, -0.2) is 13.4 Å². The van der Waals surface area contributed by atoms with E-state index in [1.54, 1.807) is 18.9 Å². The summed E-state index contributed by atoms with van der Waals surface area (Å²) in [5.41, 5.74) is 2.15. The quantitative estimate of drug-likeness (QED) is 0.824. The lowest BCUT2D eigenvalue weighted by Gasteiger charge is -2.11. The molecular weight excluding hydrogens is 242 g/mol. The molecule has 0 aliphatic carbocycles. The first-order valence-electron chi connectivity index (χ1n) is 5.75. The molecule has 2 aromatic rings. The van der Waals surface area contributed by atoms with Crippen LogP contribution >= 0.6 is 11.8 Å². The minimum absolute atomic E-state index is 0.734. The molecule has 0 amide bonds. The lowest BCUT2D eigenvalue weighted by atomic mass is 10.2. The summed E-state index contributed by atoms with van der Waals surface area (Å²) in [6.45, 7) is 0.734. The van der Waals surface area contributed by atoms with Crippen LogP contribution in [-0.2, 0) is 6.54 Å². The van der Waals surface area contributed by atoms with Crippen LogP contribution in [0.3, 0.4) is 0 Å². The van der Waals surface area contributed by atoms with Crippen LogP contribution in [0.15, 0.2) is 47.4 Å². The monoisotopic (exact) mass is 258 g/mol. The predicted molar refractivity (Wildman–Crippen MR) is 77.4 cm³/mol. The van der Waals surface area contributed by atoms with E-state index >= 15 is 0 Å². The van der Waals surface area contributed by atoms with E-state index in [1.807, 2.05) is 30.3 Å². The Hall–Kier alpha value is -1.61. The first-order chi connectivity index (χ1) is 8.83. The zero-order chi connectivity index (χ0) is 12.8. The second kappa shape index (κ2) is 6.36. The molecule has 0 saturated heterocycles. The van der Waals surface area contributed by atoms with Crippen molar-refractivity contribution in [2.45, 2.75) is 11.4 Å². The number of rotatable bonds is 5. The van der Waals surface area contributed by atoms with Crippen molar-refractivity contribution in [1.82, 2.24) is 0 Å². The molecule has 0 bridgehead atoms. The number of ether oxygens (including phenoxy) is 1. The number of para-hydroxylation sites is 1. The summed E-state index contributed by atoms with van der Waals surface area (Å²) in [6.07, 6.45) is 2.07. The van der Waals surface area contributed by atoms with E-state index in [2.05, 4.69) is 29.8 Å². The molecule has 93 valence electrons. The molecule has 0 aliphatic rings. The van der Waals surface area contributed by atoms with E-state index in [1.165, 1.54) is 4.90 Å². The zero-order valence-corrected chi connectivity index (χ0v) is 11.4. The molecule has 2 nitrogen and oxygen atoms in total. The van der Waals surface area contributed by atoms with Crippen LogP contribution in [0.4, 0.5) is 5.69 Å². The van der Waals surface area contributed by atoms with Crippen molar-refractivity contribution in [3.63, 3.8) is 0 Å². The van der Waals surface area contributed by atoms with Gasteiger partial charge in [-0.05, 0) is 30.5 Å². The fourth-order valence-electron chi connectivity index (χ4n) is 1.71. The molecule has 0 spiro atoms. The van der Waals surface area contributed by atoms with Gasteiger partial charge in [0.2, 0.25) is 0 Å². The van der Waals surface area contributed by atoms with Crippen LogP contribution < -0.4 is 10.1 Å². The number of thioether (sulfide) groups is 1. The van der Waals surface area contributed by atoms with E-state index in [4.69, 9.17) is 4.74 Å². The molecule has 0 atom stereocenters. The third kappa shape index (κ3) is 3.20. The van der Waals surface area contributed by atoms with Crippen LogP contribution in [0.5, 0.6) is 5.75 Å². The fourth-order valence-corrected chi connectivity index (χ4v) is 2.18. The third-order valence-electron chi connectivity index (χ3n) is 2.67. The maximum atomic E-state index is 5.37. The molecule has 0 aromatic heterocycles. The summed E-state index contributed by atoms with van der Waals surface area (Å²) in [5.74, 6) is 0.913. The topological polar surface area (TPSA) is 21.3 Å². The number of nitrogens with one attached hydrogen (secondary N) is 1. The maximum absolute atomic E-state index is 5.37. The molecule has 2 rings (SSSR count). The summed E-state index contributed by atoms with van der Waals surface area (Å²) in [5, 5.41) is 3.34. The Morgan fingerprint density at radius 2 is 2.17 bits per heavy atom. The third-order valence-corrected chi connectivity index (χ3v) is 3.39. The Morgan fingerprint density at radius 1 is 1.28 bits per heavy atom. The van der Waals surface area contributed by atoms with Gasteiger partial charge in [0.25, 0.3) is 0 Å². The molecule has 18 heavy (non-hydrogen) atoms. The van der Waals surface area contributed by atoms with Gasteiger partial charge in [-0.3, -0.25) is 0 Å². The van der Waals surface area contributed by atoms with E-state index < -0.39 is 0 Å². The van der Waals surface area contributed by atoms with Crippen molar-refractivity contribution in [1.29, 1.82) is 0 Å². The van der Waals surface area contributed by atoms with Gasteiger partial charge in [-0.15, -0.1) is 11.8 Å². The summed E-state index contributed by atoms with van der Waals surface area (Å²) < 4.78 is 5.37. The second-order valence-electron chi connectivity index (χ2n) is 3.81. The average molecular weight is 258 g/mol. The molecule has 0 aliphatic heterocycles. The molecule has 0 heterocycles. The minimum Gasteiger partial charge on any atom is -0.496 e. The van der Waals surface area contributed by atoms with Crippen LogP contribution in [0.2, 0.25) is 0 Å². The van der Waals surface area contributed by atoms with Crippen molar-refractivity contribution >= 4 is 17.4 Å². The highest BCUT2D eigenvalue weighted by Gasteiger charge is 2.04. The summed E-state index contributed by atoms with van der Waals surface area (Å²) in [6, 6.07) is 17.2. The van der Waals surface area contributed by atoms with Crippen molar-refractivity contribution in [2.24, 2.45) is 0 Å². The summed E-state index contributed by atoms with van der Waals surface area (Å²) in [4.78, 5) is 1.24. The first kappa shape index (κ1) is 12.8. The number of methoxy groups -OCH3 is 1. The minimum atomic E-state index is 0.734. The highest BCUT2D eigenvalue weighted by Crippen LogP contribution is 2.25. The van der Waals surface area contributed by atoms with Crippen molar-refractivity contribution in [2.75, 3.05) is 18.7 Å². The Balaban J connectivity index is 2.12. The Kier molecular flexibility index (Phi) is 4.53. The Morgan fingerprint density at radius 3 is 2.83 bits per heavy atom. The van der Waals surface area contributed by atoms with Crippen molar-refractivity contribution in [3.8, 4) is 5.75 Å². The van der Waals surface area contributed by atoms with Crippen LogP contribution in [0.25, 0.3) is 0 Å². The Bertz CT molecular complexity index is 499. The molecule has 1 N–H and O–H groups in total. The van der Waals surface area contributed by atoms with Crippen LogP contribution in [0.1, 0.15) is 5.56 Å². The lowest BCUT2D eigenvalue weighted by Crippen LogP contribution is -2.01. The van der Waals surface area contributed by atoms with Gasteiger partial charge in [0.15, 0.2) is 0 Å². The highest BCUT2D eigenvalue weighted by atomic mass is 32.2. The molecule has 2 aromatic carbocycles. The smallest absolute Gasteiger partial charge is 0.123 e. The number of hydrogen-bond donors (Lipinski definition) is 1. The highest BCUT2D eigenvalue weighted by molar-refractivity contribution is 7.98. The van der Waals surface area contributed by atoms with Crippen LogP contribution in [0, 0.1) is 6.07 Å². The maximum Gasteiger partial charge on any atom is 0.123 e. The predicted octanol–water partition coefficient (Wildman–Crippen LogP) is 3.83. The second-order valence-corrected chi connectivity index (χ2v) is 4.69. The largest absolute Gasteiger partial charge is 0.496 e. The fraction of sp³-hybridized carbons (Fsp3) is 0.200. The van der Waals surface area contributed by atoms with Gasteiger partial charge in [-0.25, -0.2) is 0 Å². The summed E-state index contributed by atoms with van der Waals surface area (Å²) >= 11 is 1.73. The van der Waals surface area contributed by atoms with E-state index in [9.17, 15) is 0 Å². The van der Waals surface area contributed by atoms with Gasteiger partial charge < -0.3 is 10.1 Å². The van der Waals surface area contributed by atoms with Crippen molar-refractivity contribution in [3.05, 3.63) is 54.1 Å². The number of anilines is 1. The number of benzene rings is 2. The van der Waals surface area contributed by atoms with Gasteiger partial charge in [0, 0.05) is 28.8 Å². The van der Waals surface area contributed by atoms with Gasteiger partial charge >= 0.3 is 0 Å². The van der Waals surface area contributed by atoms with Gasteiger partial charge in [0.05, 0.1) is 7.11 Å². The van der Waals surface area contributed by atoms with Gasteiger partial charge in [0.1, 0.15) is 5.75 Å².